The van der Waals surface area contributed by atoms with Crippen molar-refractivity contribution in [1.29, 1.82) is 0 Å². The molecule has 2 N–H and O–H groups in total. The number of nitrogens with one attached hydrogen (secondary N) is 2. The first kappa shape index (κ1) is 18.6. The normalized spacial score (nSPS) is 23.2. The number of carbonyl (C=O) groups is 1. The van der Waals surface area contributed by atoms with Gasteiger partial charge in [0.2, 0.25) is 5.91 Å². The maximum absolute atomic E-state index is 13.3. The second-order valence-electron chi connectivity index (χ2n) is 6.45. The second-order valence-corrected chi connectivity index (χ2v) is 7.60. The number of halogens is 1. The van der Waals surface area contributed by atoms with Crippen LogP contribution < -0.4 is 10.6 Å². The van der Waals surface area contributed by atoms with Gasteiger partial charge in [-0.1, -0.05) is 12.1 Å². The van der Waals surface area contributed by atoms with E-state index in [0.717, 1.165) is 36.7 Å². The van der Waals surface area contributed by atoms with E-state index in [1.165, 1.54) is 12.1 Å². The van der Waals surface area contributed by atoms with Crippen molar-refractivity contribution in [3.8, 4) is 0 Å². The molecule has 0 bridgehead atoms. The Hall–Kier alpha value is -1.15. The molecule has 0 radical (unpaired) electrons. The fourth-order valence-electron chi connectivity index (χ4n) is 3.29. The Morgan fingerprint density at radius 1 is 1.36 bits per heavy atom. The van der Waals surface area contributed by atoms with Crippen LogP contribution in [0.4, 0.5) is 4.39 Å². The van der Waals surface area contributed by atoms with Crippen molar-refractivity contribution in [3.63, 3.8) is 0 Å². The molecule has 1 aromatic carbocycles. The summed E-state index contributed by atoms with van der Waals surface area (Å²) in [6, 6.07) is 6.87. The molecular formula is C18H26FN3O2S. The third-order valence-corrected chi connectivity index (χ3v) is 5.79. The number of carbonyl (C=O) groups excluding carboxylic acids is 1. The predicted molar refractivity (Wildman–Crippen MR) is 98.3 cm³/mol. The van der Waals surface area contributed by atoms with Crippen molar-refractivity contribution in [1.82, 2.24) is 15.5 Å². The molecule has 0 aromatic heterocycles. The molecule has 25 heavy (non-hydrogen) atoms. The summed E-state index contributed by atoms with van der Waals surface area (Å²) in [5.74, 6) is 1.93. The first-order chi connectivity index (χ1) is 12.2. The molecule has 0 spiro atoms. The number of amides is 1. The Morgan fingerprint density at radius 3 is 2.80 bits per heavy atom. The lowest BCUT2D eigenvalue weighted by Crippen LogP contribution is -2.45. The van der Waals surface area contributed by atoms with E-state index in [1.807, 2.05) is 11.8 Å². The monoisotopic (exact) mass is 367 g/mol. The van der Waals surface area contributed by atoms with Crippen LogP contribution in [-0.4, -0.2) is 67.7 Å². The number of benzene rings is 1. The summed E-state index contributed by atoms with van der Waals surface area (Å²) in [6.07, 6.45) is 0.506. The Balaban J connectivity index is 1.58. The van der Waals surface area contributed by atoms with Gasteiger partial charge in [-0.15, -0.1) is 0 Å². The molecule has 0 aliphatic carbocycles. The molecule has 2 aliphatic rings. The van der Waals surface area contributed by atoms with Gasteiger partial charge in [0.1, 0.15) is 5.82 Å². The van der Waals surface area contributed by atoms with E-state index in [4.69, 9.17) is 4.74 Å². The molecule has 2 heterocycles. The number of ether oxygens (including phenoxy) is 1. The fourth-order valence-corrected chi connectivity index (χ4v) is 4.24. The van der Waals surface area contributed by atoms with Crippen LogP contribution in [0.5, 0.6) is 0 Å². The molecule has 2 aliphatic heterocycles. The first-order valence-corrected chi connectivity index (χ1v) is 10.0. The van der Waals surface area contributed by atoms with Crippen LogP contribution in [0.1, 0.15) is 18.0 Å². The lowest BCUT2D eigenvalue weighted by atomic mass is 10.0. The minimum atomic E-state index is -0.241. The van der Waals surface area contributed by atoms with Gasteiger partial charge in [-0.2, -0.15) is 11.8 Å². The number of hydrogen-bond acceptors (Lipinski definition) is 5. The summed E-state index contributed by atoms with van der Waals surface area (Å²) >= 11 is 1.89. The molecule has 0 saturated carbocycles. The minimum Gasteiger partial charge on any atom is -0.379 e. The van der Waals surface area contributed by atoms with Gasteiger partial charge in [-0.3, -0.25) is 9.69 Å². The Kier molecular flexibility index (Phi) is 7.10. The van der Waals surface area contributed by atoms with E-state index >= 15 is 0 Å². The topological polar surface area (TPSA) is 53.6 Å². The fraction of sp³-hybridized carbons (Fsp3) is 0.611. The zero-order chi connectivity index (χ0) is 17.5. The highest BCUT2D eigenvalue weighted by atomic mass is 32.2. The standard InChI is InChI=1S/C18H26FN3O2S/c19-15-3-1-14(2-4-15)17(22-6-8-24-9-7-22)12-21-18(23)11-16-13-25-10-5-20-16/h1-4,16-17,20H,5-13H2,(H,21,23). The van der Waals surface area contributed by atoms with Gasteiger partial charge < -0.3 is 15.4 Å². The van der Waals surface area contributed by atoms with Gasteiger partial charge in [-0.25, -0.2) is 4.39 Å². The van der Waals surface area contributed by atoms with Crippen LogP contribution in [-0.2, 0) is 9.53 Å². The zero-order valence-corrected chi connectivity index (χ0v) is 15.2. The summed E-state index contributed by atoms with van der Waals surface area (Å²) in [5, 5.41) is 6.46. The largest absolute Gasteiger partial charge is 0.379 e. The quantitative estimate of drug-likeness (QED) is 0.796. The van der Waals surface area contributed by atoms with Gasteiger partial charge in [0.05, 0.1) is 19.3 Å². The van der Waals surface area contributed by atoms with Crippen molar-refractivity contribution in [2.45, 2.75) is 18.5 Å². The zero-order valence-electron chi connectivity index (χ0n) is 14.4. The van der Waals surface area contributed by atoms with Crippen LogP contribution in [0.2, 0.25) is 0 Å². The predicted octanol–water partition coefficient (Wildman–Crippen LogP) is 1.41. The molecule has 138 valence electrons. The maximum Gasteiger partial charge on any atom is 0.221 e. The summed E-state index contributed by atoms with van der Waals surface area (Å²) in [5.41, 5.74) is 1.02. The van der Waals surface area contributed by atoms with Gasteiger partial charge >= 0.3 is 0 Å². The lowest BCUT2D eigenvalue weighted by Gasteiger charge is -2.35. The van der Waals surface area contributed by atoms with E-state index in [1.54, 1.807) is 12.1 Å². The van der Waals surface area contributed by atoms with E-state index in [2.05, 4.69) is 15.5 Å². The third kappa shape index (κ3) is 5.67. The molecule has 2 fully saturated rings. The lowest BCUT2D eigenvalue weighted by molar-refractivity contribution is -0.121. The van der Waals surface area contributed by atoms with E-state index in [0.29, 0.717) is 26.2 Å². The average molecular weight is 367 g/mol. The average Bonchev–Trinajstić information content (AvgIpc) is 2.65. The van der Waals surface area contributed by atoms with Gasteiger partial charge in [0.15, 0.2) is 0 Å². The molecule has 2 atom stereocenters. The number of hydrogen-bond donors (Lipinski definition) is 2. The van der Waals surface area contributed by atoms with E-state index in [9.17, 15) is 9.18 Å². The molecule has 2 unspecified atom stereocenters. The SMILES string of the molecule is O=C(CC1CSCCN1)NCC(c1ccc(F)cc1)N1CCOCC1. The van der Waals surface area contributed by atoms with E-state index < -0.39 is 0 Å². The summed E-state index contributed by atoms with van der Waals surface area (Å²) in [6.45, 7) is 4.51. The minimum absolute atomic E-state index is 0.0436. The highest BCUT2D eigenvalue weighted by molar-refractivity contribution is 7.99. The summed E-state index contributed by atoms with van der Waals surface area (Å²) in [4.78, 5) is 14.6. The van der Waals surface area contributed by atoms with E-state index in [-0.39, 0.29) is 23.8 Å². The van der Waals surface area contributed by atoms with Crippen LogP contribution in [0.3, 0.4) is 0 Å². The first-order valence-electron chi connectivity index (χ1n) is 8.87. The Bertz CT molecular complexity index is 546. The number of rotatable bonds is 6. The summed E-state index contributed by atoms with van der Waals surface area (Å²) in [7, 11) is 0. The number of nitrogens with zero attached hydrogens (tertiary/aromatic N) is 1. The van der Waals surface area contributed by atoms with Crippen LogP contribution in [0.25, 0.3) is 0 Å². The molecular weight excluding hydrogens is 341 g/mol. The maximum atomic E-state index is 13.3. The highest BCUT2D eigenvalue weighted by Crippen LogP contribution is 2.22. The number of thioether (sulfide) groups is 1. The van der Waals surface area contributed by atoms with Crippen molar-refractivity contribution < 1.29 is 13.9 Å². The van der Waals surface area contributed by atoms with Crippen LogP contribution >= 0.6 is 11.8 Å². The van der Waals surface area contributed by atoms with Gasteiger partial charge in [0.25, 0.3) is 0 Å². The number of morpholine rings is 1. The van der Waals surface area contributed by atoms with Crippen molar-refractivity contribution in [2.75, 3.05) is 50.9 Å². The Morgan fingerprint density at radius 2 is 2.12 bits per heavy atom. The molecule has 2 saturated heterocycles. The van der Waals surface area contributed by atoms with Gasteiger partial charge in [-0.05, 0) is 17.7 Å². The molecule has 7 heteroatoms. The van der Waals surface area contributed by atoms with Crippen LogP contribution in [0.15, 0.2) is 24.3 Å². The van der Waals surface area contributed by atoms with Crippen molar-refractivity contribution in [3.05, 3.63) is 35.6 Å². The second kappa shape index (κ2) is 9.52. The molecule has 1 aromatic rings. The summed E-state index contributed by atoms with van der Waals surface area (Å²) < 4.78 is 18.7. The highest BCUT2D eigenvalue weighted by Gasteiger charge is 2.24. The Labute approximate surface area is 152 Å². The van der Waals surface area contributed by atoms with Gasteiger partial charge in [0, 0.05) is 50.1 Å². The van der Waals surface area contributed by atoms with Crippen molar-refractivity contribution >= 4 is 17.7 Å². The smallest absolute Gasteiger partial charge is 0.221 e. The molecule has 5 nitrogen and oxygen atoms in total. The van der Waals surface area contributed by atoms with Crippen molar-refractivity contribution in [2.24, 2.45) is 0 Å². The molecule has 1 amide bonds. The third-order valence-electron chi connectivity index (χ3n) is 4.66. The van der Waals surface area contributed by atoms with Crippen LogP contribution in [0, 0.1) is 5.82 Å². The molecule has 3 rings (SSSR count).